The van der Waals surface area contributed by atoms with Gasteiger partial charge in [0, 0.05) is 33.3 Å². The van der Waals surface area contributed by atoms with Crippen molar-refractivity contribution in [1.82, 2.24) is 4.40 Å². The van der Waals surface area contributed by atoms with Crippen LogP contribution in [0.15, 0.2) is 65.6 Å². The highest BCUT2D eigenvalue weighted by Crippen LogP contribution is 2.42. The van der Waals surface area contributed by atoms with Crippen LogP contribution in [-0.4, -0.2) is 22.8 Å². The number of carbonyl (C=O) groups excluding carboxylic acids is 2. The van der Waals surface area contributed by atoms with Gasteiger partial charge in [0.2, 0.25) is 0 Å². The van der Waals surface area contributed by atoms with E-state index in [2.05, 4.69) is 0 Å². The van der Waals surface area contributed by atoms with Crippen molar-refractivity contribution in [1.29, 1.82) is 0 Å². The van der Waals surface area contributed by atoms with Gasteiger partial charge in [-0.15, -0.1) is 0 Å². The molecule has 9 heteroatoms. The summed E-state index contributed by atoms with van der Waals surface area (Å²) < 4.78 is 48.2. The first kappa shape index (κ1) is 22.4. The van der Waals surface area contributed by atoms with Gasteiger partial charge in [0.1, 0.15) is 0 Å². The van der Waals surface area contributed by atoms with E-state index in [4.69, 9.17) is 10.5 Å². The number of nitrogens with two attached hydrogens (primary N) is 1. The first-order valence-electron chi connectivity index (χ1n) is 10.6. The summed E-state index contributed by atoms with van der Waals surface area (Å²) in [6, 6.07) is 12.4. The van der Waals surface area contributed by atoms with Gasteiger partial charge in [0.25, 0.3) is 5.56 Å². The molecular weight excluding hydrogens is 461 g/mol. The molecule has 0 bridgehead atoms. The Morgan fingerprint density at radius 1 is 0.971 bits per heavy atom. The van der Waals surface area contributed by atoms with Gasteiger partial charge in [-0.25, -0.2) is 4.79 Å². The zero-order chi connectivity index (χ0) is 25.1. The van der Waals surface area contributed by atoms with Crippen LogP contribution in [0.3, 0.4) is 0 Å². The number of aromatic nitrogens is 1. The molecule has 0 aliphatic carbocycles. The maximum absolute atomic E-state index is 14.0. The van der Waals surface area contributed by atoms with Crippen LogP contribution >= 0.6 is 0 Å². The summed E-state index contributed by atoms with van der Waals surface area (Å²) in [5, 5.41) is 0.0628. The summed E-state index contributed by atoms with van der Waals surface area (Å²) >= 11 is 0. The van der Waals surface area contributed by atoms with E-state index in [1.54, 1.807) is 31.2 Å². The summed E-state index contributed by atoms with van der Waals surface area (Å²) in [4.78, 5) is 39.9. The van der Waals surface area contributed by atoms with Gasteiger partial charge >= 0.3 is 12.1 Å². The molecule has 2 N–H and O–H groups in total. The molecule has 6 nitrogen and oxygen atoms in total. The molecule has 0 saturated carbocycles. The maximum Gasteiger partial charge on any atom is 0.416 e. The number of ether oxygens (including phenoxy) is 1. The zero-order valence-electron chi connectivity index (χ0n) is 18.3. The Labute approximate surface area is 195 Å². The third-order valence-corrected chi connectivity index (χ3v) is 5.97. The van der Waals surface area contributed by atoms with E-state index in [1.807, 2.05) is 0 Å². The third kappa shape index (κ3) is 3.30. The number of benzene rings is 3. The second kappa shape index (κ2) is 7.83. The van der Waals surface area contributed by atoms with Crippen LogP contribution in [0.2, 0.25) is 0 Å². The molecule has 0 spiro atoms. The second-order valence-electron chi connectivity index (χ2n) is 7.97. The number of pyridine rings is 2. The average Bonchev–Trinajstić information content (AvgIpc) is 2.83. The van der Waals surface area contributed by atoms with E-state index in [9.17, 15) is 27.6 Å². The number of nitrogens with zero attached hydrogens (tertiary/aromatic N) is 1. The van der Waals surface area contributed by atoms with Crippen LogP contribution in [0.5, 0.6) is 0 Å². The van der Waals surface area contributed by atoms with E-state index in [1.165, 1.54) is 28.8 Å². The van der Waals surface area contributed by atoms with E-state index < -0.39 is 34.6 Å². The molecule has 0 unspecified atom stereocenters. The number of alkyl halides is 3. The van der Waals surface area contributed by atoms with Crippen molar-refractivity contribution in [3.8, 4) is 0 Å². The van der Waals surface area contributed by atoms with Crippen molar-refractivity contribution in [3.63, 3.8) is 0 Å². The number of hydrogen-bond donors (Lipinski definition) is 1. The predicted octanol–water partition coefficient (Wildman–Crippen LogP) is 5.05. The molecule has 3 aromatic carbocycles. The topological polar surface area (TPSA) is 90.9 Å². The van der Waals surface area contributed by atoms with Crippen molar-refractivity contribution in [2.24, 2.45) is 0 Å². The highest BCUT2D eigenvalue weighted by atomic mass is 19.4. The third-order valence-electron chi connectivity index (χ3n) is 5.97. The van der Waals surface area contributed by atoms with Gasteiger partial charge < -0.3 is 10.5 Å². The molecule has 2 heterocycles. The molecule has 0 aliphatic heterocycles. The molecule has 0 amide bonds. The van der Waals surface area contributed by atoms with Crippen LogP contribution < -0.4 is 11.3 Å². The Bertz CT molecular complexity index is 1710. The first-order chi connectivity index (χ1) is 16.6. The number of rotatable bonds is 4. The Morgan fingerprint density at radius 3 is 2.26 bits per heavy atom. The molecule has 0 saturated heterocycles. The number of ketones is 1. The summed E-state index contributed by atoms with van der Waals surface area (Å²) in [6.07, 6.45) is -3.42. The fourth-order valence-corrected chi connectivity index (χ4v) is 4.50. The summed E-state index contributed by atoms with van der Waals surface area (Å²) in [7, 11) is 0. The lowest BCUT2D eigenvalue weighted by atomic mass is 9.89. The van der Waals surface area contributed by atoms with Crippen LogP contribution in [0.4, 0.5) is 18.9 Å². The summed E-state index contributed by atoms with van der Waals surface area (Å²) in [5.41, 5.74) is 3.91. The fraction of sp³-hybridized carbons (Fsp3) is 0.115. The quantitative estimate of drug-likeness (QED) is 0.169. The maximum atomic E-state index is 14.0. The van der Waals surface area contributed by atoms with Crippen LogP contribution in [0, 0.1) is 0 Å². The minimum absolute atomic E-state index is 0.0270. The molecule has 5 aromatic rings. The van der Waals surface area contributed by atoms with Gasteiger partial charge in [0.15, 0.2) is 5.78 Å². The van der Waals surface area contributed by atoms with Crippen molar-refractivity contribution in [2.75, 3.05) is 12.3 Å². The molecule has 0 atom stereocenters. The highest BCUT2D eigenvalue weighted by molar-refractivity contribution is 6.29. The van der Waals surface area contributed by atoms with Gasteiger partial charge in [-0.05, 0) is 31.2 Å². The van der Waals surface area contributed by atoms with Gasteiger partial charge in [-0.1, -0.05) is 30.3 Å². The van der Waals surface area contributed by atoms with Crippen LogP contribution in [0.25, 0.3) is 27.1 Å². The minimum Gasteiger partial charge on any atom is -0.462 e. The number of anilines is 1. The van der Waals surface area contributed by atoms with Crippen LogP contribution in [0.1, 0.15) is 38.8 Å². The standard InChI is InChI=1S/C26H17F3N2O4/c1-2-35-25(34)19-16-11-14(26(27,28)29)12-17-18(16)22-15(21(19)30)9-6-10-31(22)24(33)20(17)23(32)13-7-4-3-5-8-13/h3-12H,2,30H2,1H3. The predicted molar refractivity (Wildman–Crippen MR) is 125 cm³/mol. The van der Waals surface area contributed by atoms with E-state index in [-0.39, 0.29) is 50.5 Å². The zero-order valence-corrected chi connectivity index (χ0v) is 18.3. The molecule has 0 radical (unpaired) electrons. The molecule has 0 aliphatic rings. The largest absolute Gasteiger partial charge is 0.462 e. The van der Waals surface area contributed by atoms with E-state index >= 15 is 0 Å². The van der Waals surface area contributed by atoms with Crippen molar-refractivity contribution in [3.05, 3.63) is 93.4 Å². The lowest BCUT2D eigenvalue weighted by Crippen LogP contribution is -2.25. The summed E-state index contributed by atoms with van der Waals surface area (Å²) in [5.74, 6) is -1.64. The molecule has 0 fully saturated rings. The van der Waals surface area contributed by atoms with Crippen molar-refractivity contribution < 1.29 is 27.5 Å². The first-order valence-corrected chi connectivity index (χ1v) is 10.6. The van der Waals surface area contributed by atoms with Gasteiger partial charge in [0.05, 0.1) is 34.5 Å². The minimum atomic E-state index is -4.82. The Morgan fingerprint density at radius 2 is 1.63 bits per heavy atom. The number of hydrogen-bond acceptors (Lipinski definition) is 5. The number of halogens is 3. The lowest BCUT2D eigenvalue weighted by molar-refractivity contribution is -0.137. The van der Waals surface area contributed by atoms with Crippen molar-refractivity contribution >= 4 is 44.5 Å². The normalized spacial score (nSPS) is 12.0. The lowest BCUT2D eigenvalue weighted by Gasteiger charge is -2.20. The fourth-order valence-electron chi connectivity index (χ4n) is 4.50. The van der Waals surface area contributed by atoms with Gasteiger partial charge in [-0.3, -0.25) is 14.0 Å². The second-order valence-corrected chi connectivity index (χ2v) is 7.97. The smallest absolute Gasteiger partial charge is 0.416 e. The number of carbonyl (C=O) groups is 2. The van der Waals surface area contributed by atoms with Crippen molar-refractivity contribution in [2.45, 2.75) is 13.1 Å². The van der Waals surface area contributed by atoms with Gasteiger partial charge in [-0.2, -0.15) is 13.2 Å². The molecule has 176 valence electrons. The SMILES string of the molecule is CCOC(=O)c1c(N)c2cccn3c(=O)c(C(=O)c4ccccc4)c4cc(C(F)(F)F)cc1c4c23. The molecule has 35 heavy (non-hydrogen) atoms. The highest BCUT2D eigenvalue weighted by Gasteiger charge is 2.34. The Balaban J connectivity index is 2.07. The molecular formula is C26H17F3N2O4. The number of nitrogen functional groups attached to an aromatic ring is 1. The molecule has 5 rings (SSSR count). The summed E-state index contributed by atoms with van der Waals surface area (Å²) in [6.45, 7) is 1.53. The monoisotopic (exact) mass is 478 g/mol. The average molecular weight is 478 g/mol. The Kier molecular flexibility index (Phi) is 5.01. The number of esters is 1. The molecule has 2 aromatic heterocycles. The van der Waals surface area contributed by atoms with E-state index in [0.29, 0.717) is 0 Å². The van der Waals surface area contributed by atoms with Crippen LogP contribution in [-0.2, 0) is 10.9 Å². The Hall–Kier alpha value is -4.40. The van der Waals surface area contributed by atoms with E-state index in [0.717, 1.165) is 12.1 Å².